The van der Waals surface area contributed by atoms with E-state index in [9.17, 15) is 14.7 Å². The Morgan fingerprint density at radius 1 is 1.02 bits per heavy atom. The Labute approximate surface area is 285 Å². The average Bonchev–Trinajstić information content (AvgIpc) is 3.48. The van der Waals surface area contributed by atoms with Crippen LogP contribution >= 0.6 is 0 Å². The summed E-state index contributed by atoms with van der Waals surface area (Å²) in [5, 5.41) is 10.0. The van der Waals surface area contributed by atoms with Crippen molar-refractivity contribution in [3.05, 3.63) is 58.4 Å². The number of aliphatic imine (C=N–C) groups is 1. The number of piperidine rings is 1. The minimum absolute atomic E-state index is 0.0327. The summed E-state index contributed by atoms with van der Waals surface area (Å²) in [6.45, 7) is 14.4. The number of ketones is 1. The van der Waals surface area contributed by atoms with E-state index in [0.29, 0.717) is 36.1 Å². The van der Waals surface area contributed by atoms with Gasteiger partial charge >= 0.3 is 0 Å². The Morgan fingerprint density at radius 2 is 1.79 bits per heavy atom. The van der Waals surface area contributed by atoms with Crippen molar-refractivity contribution in [2.24, 2.45) is 16.3 Å². The molecule has 1 amide bonds. The van der Waals surface area contributed by atoms with Gasteiger partial charge in [-0.15, -0.1) is 0 Å². The third-order valence-electron chi connectivity index (χ3n) is 11.7. The number of nitrogens with zero attached hydrogens (tertiary/aromatic N) is 5. The number of benzene rings is 1. The number of aromatic nitrogens is 1. The molecule has 4 aliphatic heterocycles. The van der Waals surface area contributed by atoms with E-state index in [2.05, 4.69) is 42.7 Å². The summed E-state index contributed by atoms with van der Waals surface area (Å²) in [7, 11) is 0. The lowest BCUT2D eigenvalue weighted by atomic mass is 9.71. The number of aliphatic hydroxyl groups excluding tert-OH is 1. The van der Waals surface area contributed by atoms with Gasteiger partial charge in [-0.05, 0) is 91.6 Å². The van der Waals surface area contributed by atoms with Crippen LogP contribution in [0.1, 0.15) is 91.7 Å². The molecule has 7 rings (SSSR count). The highest BCUT2D eigenvalue weighted by atomic mass is 16.5. The molecule has 0 unspecified atom stereocenters. The second-order valence-corrected chi connectivity index (χ2v) is 15.9. The first-order valence-corrected chi connectivity index (χ1v) is 18.3. The third kappa shape index (κ3) is 7.44. The maximum absolute atomic E-state index is 14.0. The number of pyridine rings is 1. The lowest BCUT2D eigenvalue weighted by Crippen LogP contribution is -2.62. The SMILES string of the molecule is CC(C)(C)[C@H]1CCc2nc3c(cc2C1)N=C(C(=O)C[C@H](CCN1CCC(O)CC1)c1cccc(C(=O)N2CC(N4CCOCC4)C2)c1)C3. The summed E-state index contributed by atoms with van der Waals surface area (Å²) < 4.78 is 5.50. The average molecular weight is 656 g/mol. The van der Waals surface area contributed by atoms with Gasteiger partial charge in [0.15, 0.2) is 5.78 Å². The second kappa shape index (κ2) is 14.1. The number of ether oxygens (including phenoxy) is 1. The second-order valence-electron chi connectivity index (χ2n) is 15.9. The molecule has 3 saturated heterocycles. The molecule has 0 bridgehead atoms. The highest BCUT2D eigenvalue weighted by Crippen LogP contribution is 2.39. The summed E-state index contributed by atoms with van der Waals surface area (Å²) >= 11 is 0. The van der Waals surface area contributed by atoms with Crippen molar-refractivity contribution in [3.63, 3.8) is 0 Å². The van der Waals surface area contributed by atoms with Crippen LogP contribution in [0.3, 0.4) is 0 Å². The van der Waals surface area contributed by atoms with Gasteiger partial charge < -0.3 is 19.6 Å². The topological polar surface area (TPSA) is 98.6 Å². The molecular weight excluding hydrogens is 602 g/mol. The number of amides is 1. The summed E-state index contributed by atoms with van der Waals surface area (Å²) in [5.74, 6) is 0.728. The fourth-order valence-electron chi connectivity index (χ4n) is 8.28. The predicted octanol–water partition coefficient (Wildman–Crippen LogP) is 4.61. The number of morpholine rings is 1. The summed E-state index contributed by atoms with van der Waals surface area (Å²) in [4.78, 5) is 44.2. The lowest BCUT2D eigenvalue weighted by Gasteiger charge is -2.46. The van der Waals surface area contributed by atoms with Gasteiger partial charge in [0.2, 0.25) is 0 Å². The molecule has 48 heavy (non-hydrogen) atoms. The van der Waals surface area contributed by atoms with Gasteiger partial charge in [0.05, 0.1) is 36.4 Å². The number of hydrogen-bond donors (Lipinski definition) is 1. The van der Waals surface area contributed by atoms with E-state index in [-0.39, 0.29) is 29.1 Å². The fourth-order valence-corrected chi connectivity index (χ4v) is 8.28. The Hall–Kier alpha value is -2.98. The van der Waals surface area contributed by atoms with Gasteiger partial charge in [-0.25, -0.2) is 4.99 Å². The molecule has 0 saturated carbocycles. The Bertz CT molecular complexity index is 1530. The minimum Gasteiger partial charge on any atom is -0.393 e. The molecule has 5 aliphatic rings. The number of likely N-dealkylation sites (tertiary alicyclic amines) is 2. The van der Waals surface area contributed by atoms with E-state index in [4.69, 9.17) is 14.7 Å². The third-order valence-corrected chi connectivity index (χ3v) is 11.7. The monoisotopic (exact) mass is 655 g/mol. The molecular formula is C39H53N5O4. The van der Waals surface area contributed by atoms with Crippen molar-refractivity contribution < 1.29 is 19.4 Å². The van der Waals surface area contributed by atoms with Crippen LogP contribution in [0, 0.1) is 11.3 Å². The smallest absolute Gasteiger partial charge is 0.253 e. The van der Waals surface area contributed by atoms with Crippen LogP contribution in [0.2, 0.25) is 0 Å². The molecule has 1 N–H and O–H groups in total. The molecule has 9 heteroatoms. The molecule has 2 atom stereocenters. The number of Topliss-reactive ketones (excluding diaryl/α,β-unsaturated/α-hetero) is 1. The van der Waals surface area contributed by atoms with Crippen LogP contribution in [-0.4, -0.2) is 113 Å². The summed E-state index contributed by atoms with van der Waals surface area (Å²) in [6.07, 6.45) is 6.19. The van der Waals surface area contributed by atoms with Gasteiger partial charge in [-0.3, -0.25) is 19.5 Å². The van der Waals surface area contributed by atoms with Gasteiger partial charge in [0.1, 0.15) is 0 Å². The molecule has 0 radical (unpaired) electrons. The van der Waals surface area contributed by atoms with Crippen molar-refractivity contribution in [2.75, 3.05) is 59.0 Å². The molecule has 3 fully saturated rings. The van der Waals surface area contributed by atoms with E-state index in [1.54, 1.807) is 0 Å². The molecule has 5 heterocycles. The number of hydrogen-bond acceptors (Lipinski definition) is 8. The Morgan fingerprint density at radius 3 is 2.54 bits per heavy atom. The highest BCUT2D eigenvalue weighted by molar-refractivity contribution is 6.41. The number of carbonyl (C=O) groups excluding carboxylic acids is 2. The zero-order valence-corrected chi connectivity index (χ0v) is 29.1. The molecule has 9 nitrogen and oxygen atoms in total. The normalized spacial score (nSPS) is 23.3. The van der Waals surface area contributed by atoms with E-state index < -0.39 is 0 Å². The Kier molecular flexibility index (Phi) is 9.84. The molecule has 258 valence electrons. The first-order valence-electron chi connectivity index (χ1n) is 18.3. The van der Waals surface area contributed by atoms with Crippen molar-refractivity contribution in [3.8, 4) is 0 Å². The van der Waals surface area contributed by atoms with Crippen molar-refractivity contribution in [1.29, 1.82) is 0 Å². The van der Waals surface area contributed by atoms with Gasteiger partial charge in [-0.1, -0.05) is 32.9 Å². The van der Waals surface area contributed by atoms with Crippen LogP contribution in [0.4, 0.5) is 5.69 Å². The van der Waals surface area contributed by atoms with Crippen molar-refractivity contribution in [2.45, 2.75) is 90.2 Å². The van der Waals surface area contributed by atoms with Gasteiger partial charge in [0, 0.05) is 69.4 Å². The van der Waals surface area contributed by atoms with E-state index in [1.807, 2.05) is 23.1 Å². The van der Waals surface area contributed by atoms with E-state index >= 15 is 0 Å². The Balaban J connectivity index is 1.05. The van der Waals surface area contributed by atoms with E-state index in [1.165, 1.54) is 11.3 Å². The molecule has 1 aliphatic carbocycles. The van der Waals surface area contributed by atoms with Crippen LogP contribution in [0.5, 0.6) is 0 Å². The van der Waals surface area contributed by atoms with E-state index in [0.717, 1.165) is 114 Å². The maximum Gasteiger partial charge on any atom is 0.253 e. The summed E-state index contributed by atoms with van der Waals surface area (Å²) in [6, 6.07) is 10.6. The highest BCUT2D eigenvalue weighted by Gasteiger charge is 2.36. The zero-order valence-electron chi connectivity index (χ0n) is 29.1. The number of rotatable bonds is 9. The van der Waals surface area contributed by atoms with Gasteiger partial charge in [0.25, 0.3) is 5.91 Å². The maximum atomic E-state index is 14.0. The van der Waals surface area contributed by atoms with Crippen LogP contribution in [0.15, 0.2) is 35.3 Å². The van der Waals surface area contributed by atoms with Crippen LogP contribution in [0.25, 0.3) is 0 Å². The first-order chi connectivity index (χ1) is 23.1. The van der Waals surface area contributed by atoms with Crippen molar-refractivity contribution >= 4 is 23.1 Å². The van der Waals surface area contributed by atoms with Crippen LogP contribution < -0.4 is 0 Å². The van der Waals surface area contributed by atoms with Crippen molar-refractivity contribution in [1.82, 2.24) is 19.7 Å². The molecule has 0 spiro atoms. The standard InChI is InChI=1S/C39H53N5O4/c1-39(2,3)30-7-8-33-29(20-30)21-34-35(40-33)23-36(41-34)37(46)22-27(9-12-42-13-10-32(45)11-14-42)26-5-4-6-28(19-26)38(47)44-24-31(25-44)43-15-17-48-18-16-43/h4-6,19,21,27,30-32,45H,7-18,20,22-25H2,1-3H3/t27-,30-/m0/s1. The molecule has 1 aromatic carbocycles. The predicted molar refractivity (Wildman–Crippen MR) is 187 cm³/mol. The number of carbonyl (C=O) groups is 2. The number of aliphatic hydroxyl groups is 1. The minimum atomic E-state index is -0.216. The number of aryl methyl sites for hydroxylation is 1. The largest absolute Gasteiger partial charge is 0.393 e. The number of fused-ring (bicyclic) bond motifs is 2. The quantitative estimate of drug-likeness (QED) is 0.422. The lowest BCUT2D eigenvalue weighted by molar-refractivity contribution is -0.113. The summed E-state index contributed by atoms with van der Waals surface area (Å²) in [5.41, 5.74) is 6.88. The molecule has 1 aromatic heterocycles. The van der Waals surface area contributed by atoms with Crippen LogP contribution in [-0.2, 0) is 28.8 Å². The molecule has 2 aromatic rings. The van der Waals surface area contributed by atoms with Gasteiger partial charge in [-0.2, -0.15) is 0 Å². The fraction of sp³-hybridized carbons (Fsp3) is 0.641. The first kappa shape index (κ1) is 33.5. The zero-order chi connectivity index (χ0) is 33.4.